The molecule has 0 spiro atoms. The highest BCUT2D eigenvalue weighted by molar-refractivity contribution is 6.90. The number of amides is 4. The summed E-state index contributed by atoms with van der Waals surface area (Å²) in [6, 6.07) is 6.62. The molecule has 11 heteroatoms. The normalized spacial score (nSPS) is 11.4. The van der Waals surface area contributed by atoms with E-state index in [0.717, 1.165) is 51.4 Å². The summed E-state index contributed by atoms with van der Waals surface area (Å²) in [4.78, 5) is 55.1. The number of hydrogen-bond acceptors (Lipinski definition) is 6. The zero-order valence-electron chi connectivity index (χ0n) is 44.4. The van der Waals surface area contributed by atoms with Crippen LogP contribution in [0.5, 0.6) is 11.5 Å². The van der Waals surface area contributed by atoms with Gasteiger partial charge in [0.2, 0.25) is 11.8 Å². The summed E-state index contributed by atoms with van der Waals surface area (Å²) < 4.78 is 12.6. The molecule has 0 aliphatic rings. The zero-order chi connectivity index (χ0) is 50.6. The summed E-state index contributed by atoms with van der Waals surface area (Å²) in [6.45, 7) is 27.1. The molecule has 0 bridgehead atoms. The number of terminal acetylenes is 1. The van der Waals surface area contributed by atoms with Crippen molar-refractivity contribution in [2.75, 3.05) is 36.9 Å². The average Bonchev–Trinajstić information content (AvgIpc) is 3.27. The number of unbranched alkanes of at least 4 members (excludes halogenated alkanes) is 11. The van der Waals surface area contributed by atoms with E-state index in [0.29, 0.717) is 88.6 Å². The fourth-order valence-electron chi connectivity index (χ4n) is 8.78. The van der Waals surface area contributed by atoms with E-state index in [1.165, 1.54) is 44.9 Å². The van der Waals surface area contributed by atoms with Crippen LogP contribution >= 0.6 is 0 Å². The van der Waals surface area contributed by atoms with Crippen LogP contribution in [0.15, 0.2) is 24.3 Å². The maximum atomic E-state index is 14.4. The Kier molecular flexibility index (Phi) is 28.1. The molecule has 0 unspecified atom stereocenters. The van der Waals surface area contributed by atoms with Crippen molar-refractivity contribution < 1.29 is 28.7 Å². The average molecular weight is 955 g/mol. The molecule has 0 radical (unpaired) electrons. The number of carbonyl (C=O) groups is 4. The van der Waals surface area contributed by atoms with Crippen LogP contribution < -0.4 is 30.7 Å². The molecule has 68 heavy (non-hydrogen) atoms. The van der Waals surface area contributed by atoms with Crippen LogP contribution in [0.4, 0.5) is 11.4 Å². The van der Waals surface area contributed by atoms with E-state index in [-0.39, 0.29) is 22.9 Å². The predicted molar refractivity (Wildman–Crippen MR) is 287 cm³/mol. The topological polar surface area (TPSA) is 135 Å². The molecule has 0 saturated heterocycles. The molecular formula is C57H90N4O6Si. The minimum Gasteiger partial charge on any atom is -0.491 e. The highest BCUT2D eigenvalue weighted by Gasteiger charge is 2.42. The predicted octanol–water partition coefficient (Wildman–Crippen LogP) is 13.6. The first kappa shape index (κ1) is 59.4. The van der Waals surface area contributed by atoms with Crippen molar-refractivity contribution >= 4 is 43.1 Å². The second-order valence-electron chi connectivity index (χ2n) is 20.3. The molecule has 2 rings (SSSR count). The summed E-state index contributed by atoms with van der Waals surface area (Å²) in [7, 11) is -2.23. The van der Waals surface area contributed by atoms with Gasteiger partial charge in [0.25, 0.3) is 11.8 Å². The summed E-state index contributed by atoms with van der Waals surface area (Å²) in [5, 5.41) is 11.7. The van der Waals surface area contributed by atoms with Crippen LogP contribution in [-0.2, 0) is 9.59 Å². The Morgan fingerprint density at radius 2 is 1.01 bits per heavy atom. The zero-order valence-corrected chi connectivity index (χ0v) is 45.4. The largest absolute Gasteiger partial charge is 0.491 e. The van der Waals surface area contributed by atoms with Gasteiger partial charge in [-0.25, -0.2) is 0 Å². The molecule has 0 aliphatic heterocycles. The van der Waals surface area contributed by atoms with E-state index in [1.54, 1.807) is 18.2 Å². The van der Waals surface area contributed by atoms with Crippen LogP contribution in [0.2, 0.25) is 16.6 Å². The van der Waals surface area contributed by atoms with Gasteiger partial charge in [-0.05, 0) is 78.4 Å². The van der Waals surface area contributed by atoms with Gasteiger partial charge in [0.05, 0.1) is 42.0 Å². The number of hydrogen-bond donors (Lipinski definition) is 4. The molecule has 2 aromatic carbocycles. The van der Waals surface area contributed by atoms with Gasteiger partial charge in [0.15, 0.2) is 0 Å². The van der Waals surface area contributed by atoms with Crippen LogP contribution in [0.1, 0.15) is 218 Å². The number of benzene rings is 2. The van der Waals surface area contributed by atoms with Gasteiger partial charge in [-0.3, -0.25) is 19.2 Å². The van der Waals surface area contributed by atoms with E-state index in [1.807, 2.05) is 6.07 Å². The van der Waals surface area contributed by atoms with E-state index in [9.17, 15) is 19.2 Å². The molecule has 4 N–H and O–H groups in total. The van der Waals surface area contributed by atoms with Crippen LogP contribution in [0.25, 0.3) is 0 Å². The second kappa shape index (κ2) is 32.1. The van der Waals surface area contributed by atoms with E-state index < -0.39 is 26.4 Å². The molecule has 0 heterocycles. The van der Waals surface area contributed by atoms with Gasteiger partial charge >= 0.3 is 0 Å². The third kappa shape index (κ3) is 20.5. The van der Waals surface area contributed by atoms with Crippen LogP contribution in [0, 0.1) is 35.6 Å². The van der Waals surface area contributed by atoms with Crippen molar-refractivity contribution in [3.05, 3.63) is 46.5 Å². The number of carbonyl (C=O) groups excluding carboxylic acids is 4. The standard InChI is InChI=1S/C57H90N4O6Si/c1-14-17-19-21-23-24-26-28-52(62)60-49-37-47(31-35-68(43(8)9,44(10)11)45(12)13)55(67-34-30-42(6)7)51(39-49)57(65)59-40-53(63)61-48-36-46(16-3)54(66-33-29-41(4)5)50(38-48)56(64)58-32-27-25-22-20-18-15-2/h3,36-39,41-45H,14-15,17-30,32-34,40H2,1-2,4-13H3,(H,58,64)(H,59,65)(H,60,62)(H,61,63). The molecule has 0 saturated carbocycles. The van der Waals surface area contributed by atoms with Crippen molar-refractivity contribution in [1.29, 1.82) is 0 Å². The molecule has 10 nitrogen and oxygen atoms in total. The van der Waals surface area contributed by atoms with Crippen LogP contribution in [0.3, 0.4) is 0 Å². The van der Waals surface area contributed by atoms with Crippen molar-refractivity contribution in [3.8, 4) is 35.3 Å². The van der Waals surface area contributed by atoms with E-state index >= 15 is 0 Å². The van der Waals surface area contributed by atoms with Gasteiger partial charge in [-0.1, -0.05) is 166 Å². The highest BCUT2D eigenvalue weighted by Crippen LogP contribution is 2.41. The number of nitrogens with one attached hydrogen (secondary N) is 4. The third-order valence-corrected chi connectivity index (χ3v) is 19.1. The van der Waals surface area contributed by atoms with Crippen molar-refractivity contribution in [3.63, 3.8) is 0 Å². The summed E-state index contributed by atoms with van der Waals surface area (Å²) in [5.41, 5.74) is 6.90. The van der Waals surface area contributed by atoms with Crippen LogP contribution in [-0.4, -0.2) is 58.0 Å². The minimum atomic E-state index is -2.23. The first-order chi connectivity index (χ1) is 32.4. The number of ether oxygens (including phenoxy) is 2. The van der Waals surface area contributed by atoms with E-state index in [4.69, 9.17) is 15.9 Å². The molecule has 4 amide bonds. The molecule has 0 atom stereocenters. The lowest BCUT2D eigenvalue weighted by Gasteiger charge is -2.38. The lowest BCUT2D eigenvalue weighted by Crippen LogP contribution is -2.43. The number of anilines is 2. The number of rotatable bonds is 32. The Bertz CT molecular complexity index is 1970. The van der Waals surface area contributed by atoms with Crippen molar-refractivity contribution in [2.24, 2.45) is 11.8 Å². The Hall–Kier alpha value is -4.74. The van der Waals surface area contributed by atoms with Gasteiger partial charge in [0.1, 0.15) is 19.6 Å². The Morgan fingerprint density at radius 3 is 1.50 bits per heavy atom. The fraction of sp³-hybridized carbons (Fsp3) is 0.649. The molecule has 0 fully saturated rings. The lowest BCUT2D eigenvalue weighted by molar-refractivity contribution is -0.116. The molecule has 2 aromatic rings. The third-order valence-electron chi connectivity index (χ3n) is 12.8. The van der Waals surface area contributed by atoms with Gasteiger partial charge in [-0.2, -0.15) is 0 Å². The van der Waals surface area contributed by atoms with Crippen molar-refractivity contribution in [1.82, 2.24) is 10.6 Å². The Labute approximate surface area is 413 Å². The monoisotopic (exact) mass is 955 g/mol. The molecule has 0 aromatic heterocycles. The molecule has 378 valence electrons. The maximum Gasteiger partial charge on any atom is 0.255 e. The smallest absolute Gasteiger partial charge is 0.255 e. The van der Waals surface area contributed by atoms with Gasteiger partial charge < -0.3 is 30.7 Å². The molecule has 0 aliphatic carbocycles. The first-order valence-corrected chi connectivity index (χ1v) is 28.4. The minimum absolute atomic E-state index is 0.134. The quantitative estimate of drug-likeness (QED) is 0.0328. The first-order valence-electron chi connectivity index (χ1n) is 26.2. The second-order valence-corrected chi connectivity index (χ2v) is 25.9. The van der Waals surface area contributed by atoms with E-state index in [2.05, 4.69) is 122 Å². The molecular weight excluding hydrogens is 865 g/mol. The summed E-state index contributed by atoms with van der Waals surface area (Å²) in [5.74, 6) is 5.95. The summed E-state index contributed by atoms with van der Waals surface area (Å²) >= 11 is 0. The SMILES string of the molecule is C#Cc1cc(NC(=O)CNC(=O)c2cc(NC(=O)CCCCCCCCC)cc(C#C[Si](C(C)C)(C(C)C)C(C)C)c2OCCC(C)C)cc(C(=O)NCCCCCCCC)c1OCCC(C)C. The Balaban J connectivity index is 2.55. The fourth-order valence-corrected chi connectivity index (χ4v) is 14.0. The Morgan fingerprint density at radius 1 is 0.574 bits per heavy atom. The van der Waals surface area contributed by atoms with Crippen molar-refractivity contribution in [2.45, 2.75) is 202 Å². The maximum absolute atomic E-state index is 14.4. The van der Waals surface area contributed by atoms with Gasteiger partial charge in [-0.15, -0.1) is 12.0 Å². The lowest BCUT2D eigenvalue weighted by atomic mass is 10.1. The van der Waals surface area contributed by atoms with Gasteiger partial charge in [0, 0.05) is 24.3 Å². The summed E-state index contributed by atoms with van der Waals surface area (Å²) in [6.07, 6.45) is 22.0. The highest BCUT2D eigenvalue weighted by atomic mass is 28.3.